The number of thiocarbonyl (C=S) groups is 1. The van der Waals surface area contributed by atoms with Crippen LogP contribution in [0.1, 0.15) is 56.6 Å². The highest BCUT2D eigenvalue weighted by Gasteiger charge is 2.41. The minimum Gasteiger partial charge on any atom is -0.351 e. The molecule has 1 aliphatic rings. The molecule has 0 spiro atoms. The second kappa shape index (κ2) is 7.64. The van der Waals surface area contributed by atoms with E-state index >= 15 is 0 Å². The molecule has 0 bridgehead atoms. The number of hydrogen-bond acceptors (Lipinski definition) is 2. The molecular formula is C24H28N4S. The van der Waals surface area contributed by atoms with Crippen LogP contribution in [0.2, 0.25) is 0 Å². The molecule has 150 valence electrons. The molecule has 2 atom stereocenters. The van der Waals surface area contributed by atoms with E-state index < -0.39 is 0 Å². The number of benzene rings is 1. The summed E-state index contributed by atoms with van der Waals surface area (Å²) in [5, 5.41) is 4.26. The van der Waals surface area contributed by atoms with E-state index in [0.717, 1.165) is 22.9 Å². The van der Waals surface area contributed by atoms with Gasteiger partial charge in [-0.2, -0.15) is 0 Å². The lowest BCUT2D eigenvalue weighted by Crippen LogP contribution is -2.29. The van der Waals surface area contributed by atoms with Crippen LogP contribution in [0.25, 0.3) is 0 Å². The van der Waals surface area contributed by atoms with Crippen molar-refractivity contribution < 1.29 is 0 Å². The Bertz CT molecular complexity index is 986. The van der Waals surface area contributed by atoms with Crippen molar-refractivity contribution in [3.63, 3.8) is 0 Å². The van der Waals surface area contributed by atoms with Crippen molar-refractivity contribution in [2.45, 2.75) is 51.7 Å². The van der Waals surface area contributed by atoms with Crippen molar-refractivity contribution in [2.24, 2.45) is 0 Å². The zero-order valence-corrected chi connectivity index (χ0v) is 18.3. The van der Waals surface area contributed by atoms with Gasteiger partial charge in [-0.3, -0.25) is 4.98 Å². The van der Waals surface area contributed by atoms with Gasteiger partial charge in [0, 0.05) is 29.8 Å². The number of rotatable bonds is 4. The molecule has 0 aliphatic carbocycles. The van der Waals surface area contributed by atoms with E-state index in [4.69, 9.17) is 12.2 Å². The minimum absolute atomic E-state index is 0.00892. The van der Waals surface area contributed by atoms with Gasteiger partial charge in [-0.25, -0.2) is 0 Å². The van der Waals surface area contributed by atoms with Gasteiger partial charge in [0.15, 0.2) is 5.11 Å². The van der Waals surface area contributed by atoms with E-state index in [2.05, 4.69) is 96.3 Å². The quantitative estimate of drug-likeness (QED) is 0.592. The Morgan fingerprint density at radius 1 is 1.07 bits per heavy atom. The largest absolute Gasteiger partial charge is 0.351 e. The molecule has 29 heavy (non-hydrogen) atoms. The lowest BCUT2D eigenvalue weighted by atomic mass is 9.98. The van der Waals surface area contributed by atoms with Crippen molar-refractivity contribution in [1.29, 1.82) is 0 Å². The summed E-state index contributed by atoms with van der Waals surface area (Å²) < 4.78 is 2.26. The van der Waals surface area contributed by atoms with Crippen LogP contribution in [-0.2, 0) is 12.0 Å². The Morgan fingerprint density at radius 3 is 2.41 bits per heavy atom. The highest BCUT2D eigenvalue weighted by molar-refractivity contribution is 7.80. The van der Waals surface area contributed by atoms with Crippen molar-refractivity contribution >= 4 is 23.0 Å². The van der Waals surface area contributed by atoms with Crippen LogP contribution in [0.3, 0.4) is 0 Å². The van der Waals surface area contributed by atoms with Crippen LogP contribution in [0, 0.1) is 0 Å². The summed E-state index contributed by atoms with van der Waals surface area (Å²) in [6, 6.07) is 17.0. The summed E-state index contributed by atoms with van der Waals surface area (Å²) in [6.07, 6.45) is 7.27. The van der Waals surface area contributed by atoms with E-state index in [1.165, 1.54) is 11.1 Å². The fourth-order valence-corrected chi connectivity index (χ4v) is 4.22. The Morgan fingerprint density at radius 2 is 1.83 bits per heavy atom. The molecule has 3 aromatic rings. The van der Waals surface area contributed by atoms with Crippen molar-refractivity contribution in [3.05, 3.63) is 83.9 Å². The monoisotopic (exact) mass is 404 g/mol. The predicted octanol–water partition coefficient (Wildman–Crippen LogP) is 5.38. The maximum absolute atomic E-state index is 5.80. The van der Waals surface area contributed by atoms with E-state index in [0.29, 0.717) is 0 Å². The molecular weight excluding hydrogens is 376 g/mol. The third-order valence-electron chi connectivity index (χ3n) is 5.55. The number of hydrogen-bond donors (Lipinski definition) is 1. The number of nitrogens with zero attached hydrogens (tertiary/aromatic N) is 3. The van der Waals surface area contributed by atoms with E-state index in [-0.39, 0.29) is 17.6 Å². The molecule has 1 N–H and O–H groups in total. The average Bonchev–Trinajstić information content (AvgIpc) is 3.33. The Kier molecular flexibility index (Phi) is 5.17. The molecule has 4 rings (SSSR count). The number of nitrogens with one attached hydrogen (secondary N) is 1. The lowest BCUT2D eigenvalue weighted by molar-refractivity contribution is 0.397. The zero-order valence-electron chi connectivity index (χ0n) is 17.5. The van der Waals surface area contributed by atoms with Gasteiger partial charge >= 0.3 is 0 Å². The van der Waals surface area contributed by atoms with Gasteiger partial charge in [0.1, 0.15) is 0 Å². The SMILES string of the molecule is CCc1ccc(N2C(=S)N[C@@H](c3ccccn3)[C@H]2c2ccn(C(C)(C)C)c2)cc1. The fraction of sp³-hybridized carbons (Fsp3) is 0.333. The van der Waals surface area contributed by atoms with Gasteiger partial charge in [0.2, 0.25) is 0 Å². The van der Waals surface area contributed by atoms with E-state index in [1.54, 1.807) is 0 Å². The third kappa shape index (κ3) is 3.79. The van der Waals surface area contributed by atoms with Crippen molar-refractivity contribution in [1.82, 2.24) is 14.9 Å². The smallest absolute Gasteiger partial charge is 0.174 e. The maximum atomic E-state index is 5.80. The minimum atomic E-state index is -0.00892. The summed E-state index contributed by atoms with van der Waals surface area (Å²) in [6.45, 7) is 8.82. The summed E-state index contributed by atoms with van der Waals surface area (Å²) >= 11 is 5.80. The first kappa shape index (κ1) is 19.6. The second-order valence-electron chi connectivity index (χ2n) is 8.54. The number of pyridine rings is 1. The van der Waals surface area contributed by atoms with Gasteiger partial charge in [-0.1, -0.05) is 25.1 Å². The van der Waals surface area contributed by atoms with Crippen LogP contribution in [0.15, 0.2) is 67.1 Å². The Hall–Kier alpha value is -2.66. The predicted molar refractivity (Wildman–Crippen MR) is 123 cm³/mol. The third-order valence-corrected chi connectivity index (χ3v) is 5.87. The van der Waals surface area contributed by atoms with Gasteiger partial charge < -0.3 is 14.8 Å². The number of anilines is 1. The van der Waals surface area contributed by atoms with Gasteiger partial charge in [0.25, 0.3) is 0 Å². The topological polar surface area (TPSA) is 33.1 Å². The molecule has 1 saturated heterocycles. The first-order valence-electron chi connectivity index (χ1n) is 10.2. The van der Waals surface area contributed by atoms with Crippen molar-refractivity contribution in [3.8, 4) is 0 Å². The summed E-state index contributed by atoms with van der Waals surface area (Å²) in [4.78, 5) is 6.86. The van der Waals surface area contributed by atoms with Crippen LogP contribution in [0.5, 0.6) is 0 Å². The average molecular weight is 405 g/mol. The standard InChI is InChI=1S/C24H28N4S/c1-5-17-9-11-19(12-10-17)28-22(18-13-15-27(16-18)24(2,3)4)21(26-23(28)29)20-8-6-7-14-25-20/h6-16,21-22H,5H2,1-4H3,(H,26,29)/t21-,22+/m0/s1. The summed E-state index contributed by atoms with van der Waals surface area (Å²) in [5.41, 5.74) is 4.67. The Labute approximate surface area is 178 Å². The van der Waals surface area contributed by atoms with E-state index in [1.807, 2.05) is 18.3 Å². The highest BCUT2D eigenvalue weighted by Crippen LogP contribution is 2.41. The zero-order chi connectivity index (χ0) is 20.6. The maximum Gasteiger partial charge on any atom is 0.174 e. The molecule has 1 aromatic carbocycles. The number of aryl methyl sites for hydroxylation is 1. The lowest BCUT2D eigenvalue weighted by Gasteiger charge is -2.28. The molecule has 0 saturated carbocycles. The molecule has 4 nitrogen and oxygen atoms in total. The molecule has 1 fully saturated rings. The molecule has 3 heterocycles. The Balaban J connectivity index is 1.80. The van der Waals surface area contributed by atoms with Crippen molar-refractivity contribution in [2.75, 3.05) is 4.90 Å². The molecule has 1 aliphatic heterocycles. The van der Waals surface area contributed by atoms with Crippen LogP contribution in [-0.4, -0.2) is 14.7 Å². The normalized spacial score (nSPS) is 19.4. The van der Waals surface area contributed by atoms with Crippen LogP contribution in [0.4, 0.5) is 5.69 Å². The number of aromatic nitrogens is 2. The van der Waals surface area contributed by atoms with Gasteiger partial charge in [0.05, 0.1) is 17.8 Å². The first-order valence-corrected chi connectivity index (χ1v) is 10.6. The fourth-order valence-electron chi connectivity index (χ4n) is 3.87. The van der Waals surface area contributed by atoms with Crippen LogP contribution < -0.4 is 10.2 Å². The molecule has 0 amide bonds. The van der Waals surface area contributed by atoms with Crippen LogP contribution >= 0.6 is 12.2 Å². The molecule has 0 radical (unpaired) electrons. The second-order valence-corrected chi connectivity index (χ2v) is 8.93. The summed E-state index contributed by atoms with van der Waals surface area (Å²) in [5.74, 6) is 0. The van der Waals surface area contributed by atoms with Gasteiger partial charge in [-0.15, -0.1) is 0 Å². The molecule has 5 heteroatoms. The van der Waals surface area contributed by atoms with Gasteiger partial charge in [-0.05, 0) is 80.9 Å². The molecule has 2 aromatic heterocycles. The summed E-state index contributed by atoms with van der Waals surface area (Å²) in [7, 11) is 0. The first-order chi connectivity index (χ1) is 13.9. The highest BCUT2D eigenvalue weighted by atomic mass is 32.1. The molecule has 0 unspecified atom stereocenters. The van der Waals surface area contributed by atoms with E-state index in [9.17, 15) is 0 Å².